The Bertz CT molecular complexity index is 944. The molecule has 0 saturated heterocycles. The average molecular weight is 360 g/mol. The first-order chi connectivity index (χ1) is 12.2. The van der Waals surface area contributed by atoms with E-state index >= 15 is 0 Å². The Hall–Kier alpha value is -3.09. The molecule has 0 spiro atoms. The summed E-state index contributed by atoms with van der Waals surface area (Å²) in [4.78, 5) is 15.5. The highest BCUT2D eigenvalue weighted by Gasteiger charge is 2.29. The molecule has 0 amide bonds. The topological polar surface area (TPSA) is 55.1 Å². The Morgan fingerprint density at radius 2 is 1.85 bits per heavy atom. The van der Waals surface area contributed by atoms with Gasteiger partial charge in [0.05, 0.1) is 23.1 Å². The second kappa shape index (κ2) is 6.67. The zero-order chi connectivity index (χ0) is 18.9. The third-order valence-electron chi connectivity index (χ3n) is 4.01. The molecule has 1 N–H and O–H groups in total. The van der Waals surface area contributed by atoms with Crippen molar-refractivity contribution in [3.05, 3.63) is 77.2 Å². The van der Waals surface area contributed by atoms with Crippen LogP contribution in [-0.4, -0.2) is 20.6 Å². The number of hydrogen-bond acceptors (Lipinski definition) is 2. The van der Waals surface area contributed by atoms with Crippen molar-refractivity contribution in [3.63, 3.8) is 0 Å². The van der Waals surface area contributed by atoms with E-state index in [4.69, 9.17) is 0 Å². The number of carbonyl (C=O) groups is 1. The molecule has 1 heterocycles. The zero-order valence-corrected chi connectivity index (χ0v) is 13.8. The summed E-state index contributed by atoms with van der Waals surface area (Å²) in [6.45, 7) is 0. The highest BCUT2D eigenvalue weighted by molar-refractivity contribution is 5.89. The van der Waals surface area contributed by atoms with E-state index in [1.165, 1.54) is 24.3 Å². The van der Waals surface area contributed by atoms with Gasteiger partial charge in [-0.25, -0.2) is 9.78 Å². The standard InChI is InChI=1S/C19H15F3N2O2/c1-24-10-17(23-11-24)16-9-14(18(25)26)5-4-13(16)8-12-2-6-15(7-3-12)19(20,21)22/h2-7,9-11H,8H2,1H3,(H,25,26). The number of aromatic carboxylic acids is 1. The number of carboxylic acid groups (broad SMARTS) is 1. The van der Waals surface area contributed by atoms with E-state index in [2.05, 4.69) is 4.98 Å². The van der Waals surface area contributed by atoms with Crippen LogP contribution in [0.3, 0.4) is 0 Å². The van der Waals surface area contributed by atoms with Gasteiger partial charge in [0.25, 0.3) is 0 Å². The number of benzene rings is 2. The Labute approximate surface area is 147 Å². The summed E-state index contributed by atoms with van der Waals surface area (Å²) >= 11 is 0. The van der Waals surface area contributed by atoms with Gasteiger partial charge in [0.1, 0.15) is 0 Å². The number of aromatic nitrogens is 2. The quantitative estimate of drug-likeness (QED) is 0.751. The molecule has 3 aromatic rings. The van der Waals surface area contributed by atoms with Crippen LogP contribution < -0.4 is 0 Å². The third-order valence-corrected chi connectivity index (χ3v) is 4.01. The summed E-state index contributed by atoms with van der Waals surface area (Å²) in [6.07, 6.45) is -0.646. The largest absolute Gasteiger partial charge is 0.478 e. The monoisotopic (exact) mass is 360 g/mol. The lowest BCUT2D eigenvalue weighted by atomic mass is 9.95. The minimum absolute atomic E-state index is 0.127. The molecule has 0 fully saturated rings. The van der Waals surface area contributed by atoms with Crippen molar-refractivity contribution < 1.29 is 23.1 Å². The lowest BCUT2D eigenvalue weighted by Crippen LogP contribution is -2.05. The van der Waals surface area contributed by atoms with E-state index in [-0.39, 0.29) is 5.56 Å². The van der Waals surface area contributed by atoms with Gasteiger partial charge >= 0.3 is 12.1 Å². The van der Waals surface area contributed by atoms with Crippen molar-refractivity contribution >= 4 is 5.97 Å². The van der Waals surface area contributed by atoms with Gasteiger partial charge in [0.2, 0.25) is 0 Å². The van der Waals surface area contributed by atoms with Gasteiger partial charge in [-0.3, -0.25) is 0 Å². The van der Waals surface area contributed by atoms with Crippen LogP contribution in [0.25, 0.3) is 11.3 Å². The highest BCUT2D eigenvalue weighted by atomic mass is 19.4. The molecule has 0 aliphatic rings. The van der Waals surface area contributed by atoms with Crippen molar-refractivity contribution in [3.8, 4) is 11.3 Å². The number of carboxylic acids is 1. The number of hydrogen-bond donors (Lipinski definition) is 1. The number of imidazole rings is 1. The first kappa shape index (κ1) is 17.7. The molecule has 0 aliphatic carbocycles. The molecule has 3 rings (SSSR count). The van der Waals surface area contributed by atoms with Crippen molar-refractivity contribution in [2.75, 3.05) is 0 Å². The maximum Gasteiger partial charge on any atom is 0.416 e. The number of aryl methyl sites for hydroxylation is 1. The van der Waals surface area contributed by atoms with E-state index in [9.17, 15) is 23.1 Å². The van der Waals surface area contributed by atoms with Crippen LogP contribution in [0, 0.1) is 0 Å². The average Bonchev–Trinajstić information content (AvgIpc) is 3.01. The van der Waals surface area contributed by atoms with E-state index in [0.717, 1.165) is 17.7 Å². The molecule has 26 heavy (non-hydrogen) atoms. The molecule has 0 radical (unpaired) electrons. The van der Waals surface area contributed by atoms with Crippen LogP contribution >= 0.6 is 0 Å². The first-order valence-electron chi connectivity index (χ1n) is 7.75. The normalized spacial score (nSPS) is 11.5. The van der Waals surface area contributed by atoms with Crippen molar-refractivity contribution in [2.45, 2.75) is 12.6 Å². The van der Waals surface area contributed by atoms with E-state index in [1.54, 1.807) is 30.2 Å². The molecule has 0 unspecified atom stereocenters. The van der Waals surface area contributed by atoms with Crippen LogP contribution in [0.15, 0.2) is 55.0 Å². The lowest BCUT2D eigenvalue weighted by Gasteiger charge is -2.11. The van der Waals surface area contributed by atoms with Crippen molar-refractivity contribution in [1.29, 1.82) is 0 Å². The molecule has 0 aliphatic heterocycles. The Morgan fingerprint density at radius 3 is 2.38 bits per heavy atom. The molecule has 134 valence electrons. The van der Waals surface area contributed by atoms with Crippen molar-refractivity contribution in [1.82, 2.24) is 9.55 Å². The van der Waals surface area contributed by atoms with Crippen LogP contribution in [0.5, 0.6) is 0 Å². The Morgan fingerprint density at radius 1 is 1.15 bits per heavy atom. The lowest BCUT2D eigenvalue weighted by molar-refractivity contribution is -0.137. The minimum Gasteiger partial charge on any atom is -0.478 e. The highest BCUT2D eigenvalue weighted by Crippen LogP contribution is 2.30. The number of rotatable bonds is 4. The van der Waals surface area contributed by atoms with Gasteiger partial charge in [0, 0.05) is 18.8 Å². The van der Waals surface area contributed by atoms with Gasteiger partial charge < -0.3 is 9.67 Å². The van der Waals surface area contributed by atoms with Gasteiger partial charge in [-0.1, -0.05) is 18.2 Å². The number of halogens is 3. The molecular weight excluding hydrogens is 345 g/mol. The summed E-state index contributed by atoms with van der Waals surface area (Å²) in [7, 11) is 1.80. The Kier molecular flexibility index (Phi) is 4.54. The summed E-state index contributed by atoms with van der Waals surface area (Å²) in [5.41, 5.74) is 2.16. The summed E-state index contributed by atoms with van der Waals surface area (Å²) in [6, 6.07) is 9.62. The predicted molar refractivity (Wildman–Crippen MR) is 89.9 cm³/mol. The zero-order valence-electron chi connectivity index (χ0n) is 13.8. The van der Waals surface area contributed by atoms with Gasteiger partial charge in [-0.15, -0.1) is 0 Å². The SMILES string of the molecule is Cn1cnc(-c2cc(C(=O)O)ccc2Cc2ccc(C(F)(F)F)cc2)c1. The van der Waals surface area contributed by atoms with E-state index < -0.39 is 17.7 Å². The summed E-state index contributed by atoms with van der Waals surface area (Å²) in [5.74, 6) is -1.05. The second-order valence-electron chi connectivity index (χ2n) is 5.97. The summed E-state index contributed by atoms with van der Waals surface area (Å²) < 4.78 is 39.8. The first-order valence-corrected chi connectivity index (χ1v) is 7.75. The van der Waals surface area contributed by atoms with Crippen LogP contribution in [-0.2, 0) is 19.6 Å². The fourth-order valence-electron chi connectivity index (χ4n) is 2.69. The van der Waals surface area contributed by atoms with E-state index in [0.29, 0.717) is 23.2 Å². The maximum absolute atomic E-state index is 12.7. The second-order valence-corrected chi connectivity index (χ2v) is 5.97. The molecule has 0 saturated carbocycles. The van der Waals surface area contributed by atoms with Crippen LogP contribution in [0.1, 0.15) is 27.0 Å². The van der Waals surface area contributed by atoms with Gasteiger partial charge in [-0.05, 0) is 41.8 Å². The molecular formula is C19H15F3N2O2. The van der Waals surface area contributed by atoms with Crippen LogP contribution in [0.2, 0.25) is 0 Å². The molecule has 2 aromatic carbocycles. The maximum atomic E-state index is 12.7. The fraction of sp³-hybridized carbons (Fsp3) is 0.158. The molecule has 0 atom stereocenters. The summed E-state index contributed by atoms with van der Waals surface area (Å²) in [5, 5.41) is 9.22. The number of nitrogens with zero attached hydrogens (tertiary/aromatic N) is 2. The third kappa shape index (κ3) is 3.77. The molecule has 7 heteroatoms. The number of alkyl halides is 3. The van der Waals surface area contributed by atoms with Gasteiger partial charge in [-0.2, -0.15) is 13.2 Å². The predicted octanol–water partition coefficient (Wildman–Crippen LogP) is 4.39. The molecule has 4 nitrogen and oxygen atoms in total. The van der Waals surface area contributed by atoms with Crippen LogP contribution in [0.4, 0.5) is 13.2 Å². The minimum atomic E-state index is -4.37. The van der Waals surface area contributed by atoms with E-state index in [1.807, 2.05) is 0 Å². The molecule has 1 aromatic heterocycles. The smallest absolute Gasteiger partial charge is 0.416 e. The Balaban J connectivity index is 1.98. The van der Waals surface area contributed by atoms with Gasteiger partial charge in [0.15, 0.2) is 0 Å². The fourth-order valence-corrected chi connectivity index (χ4v) is 2.69. The van der Waals surface area contributed by atoms with Crippen molar-refractivity contribution in [2.24, 2.45) is 7.05 Å². The molecule has 0 bridgehead atoms.